The first-order chi connectivity index (χ1) is 9.11. The van der Waals surface area contributed by atoms with Crippen molar-refractivity contribution >= 4 is 11.0 Å². The van der Waals surface area contributed by atoms with Gasteiger partial charge in [-0.15, -0.1) is 0 Å². The Bertz CT molecular complexity index is 549. The van der Waals surface area contributed by atoms with Crippen LogP contribution in [0.4, 0.5) is 0 Å². The highest BCUT2D eigenvalue weighted by Gasteiger charge is 2.15. The van der Waals surface area contributed by atoms with Gasteiger partial charge >= 0.3 is 0 Å². The fourth-order valence-corrected chi connectivity index (χ4v) is 2.33. The Hall–Kier alpha value is -1.48. The number of rotatable bonds is 5. The number of likely N-dealkylation sites (N-methyl/N-ethyl adjacent to an activating group) is 1. The summed E-state index contributed by atoms with van der Waals surface area (Å²) in [5.41, 5.74) is 4.12. The minimum Gasteiger partial charge on any atom is -0.314 e. The number of aryl methyl sites for hydroxylation is 1. The van der Waals surface area contributed by atoms with Gasteiger partial charge in [0.15, 0.2) is 0 Å². The zero-order valence-electron chi connectivity index (χ0n) is 12.3. The Balaban J connectivity index is 2.31. The van der Waals surface area contributed by atoms with Crippen molar-refractivity contribution in [2.75, 3.05) is 6.54 Å². The second-order valence-corrected chi connectivity index (χ2v) is 5.36. The number of para-hydroxylation sites is 2. The van der Waals surface area contributed by atoms with E-state index in [1.807, 2.05) is 24.3 Å². The normalized spacial score (nSPS) is 13.1. The average molecular weight is 257 g/mol. The fraction of sp³-hybridized carbons (Fsp3) is 0.500. The summed E-state index contributed by atoms with van der Waals surface area (Å²) in [5, 5.41) is 3.54. The average Bonchev–Trinajstić information content (AvgIpc) is 2.38. The maximum absolute atomic E-state index is 4.78. The van der Waals surface area contributed by atoms with Gasteiger partial charge in [0, 0.05) is 12.5 Å². The lowest BCUT2D eigenvalue weighted by Crippen LogP contribution is -2.36. The predicted molar refractivity (Wildman–Crippen MR) is 80.3 cm³/mol. The Kier molecular flexibility index (Phi) is 4.48. The highest BCUT2D eigenvalue weighted by molar-refractivity contribution is 5.74. The SMILES string of the molecule is CCNC(Cc1nc2ccccc2nc1C)C(C)C. The van der Waals surface area contributed by atoms with E-state index in [-0.39, 0.29) is 0 Å². The van der Waals surface area contributed by atoms with Crippen molar-refractivity contribution in [2.45, 2.75) is 40.2 Å². The molecule has 102 valence electrons. The predicted octanol–water partition coefficient (Wildman–Crippen LogP) is 3.11. The Morgan fingerprint density at radius 2 is 1.74 bits per heavy atom. The van der Waals surface area contributed by atoms with Crippen LogP contribution in [0.15, 0.2) is 24.3 Å². The van der Waals surface area contributed by atoms with Crippen molar-refractivity contribution in [3.05, 3.63) is 35.7 Å². The van der Waals surface area contributed by atoms with Crippen LogP contribution in [-0.2, 0) is 6.42 Å². The third-order valence-corrected chi connectivity index (χ3v) is 3.53. The summed E-state index contributed by atoms with van der Waals surface area (Å²) in [7, 11) is 0. The summed E-state index contributed by atoms with van der Waals surface area (Å²) >= 11 is 0. The first-order valence-electron chi connectivity index (χ1n) is 7.07. The molecule has 0 aliphatic rings. The molecule has 19 heavy (non-hydrogen) atoms. The molecule has 0 bridgehead atoms. The lowest BCUT2D eigenvalue weighted by atomic mass is 9.98. The summed E-state index contributed by atoms with van der Waals surface area (Å²) < 4.78 is 0. The molecule has 1 N–H and O–H groups in total. The molecule has 2 aromatic rings. The van der Waals surface area contributed by atoms with Crippen molar-refractivity contribution in [3.63, 3.8) is 0 Å². The second kappa shape index (κ2) is 6.11. The van der Waals surface area contributed by atoms with E-state index in [9.17, 15) is 0 Å². The number of nitrogens with zero attached hydrogens (tertiary/aromatic N) is 2. The topological polar surface area (TPSA) is 37.8 Å². The van der Waals surface area contributed by atoms with E-state index in [0.717, 1.165) is 35.4 Å². The smallest absolute Gasteiger partial charge is 0.0890 e. The summed E-state index contributed by atoms with van der Waals surface area (Å²) in [6.07, 6.45) is 0.940. The number of hydrogen-bond donors (Lipinski definition) is 1. The molecule has 0 spiro atoms. The van der Waals surface area contributed by atoms with Crippen molar-refractivity contribution in [2.24, 2.45) is 5.92 Å². The molecule has 0 aliphatic heterocycles. The summed E-state index contributed by atoms with van der Waals surface area (Å²) in [4.78, 5) is 9.43. The first-order valence-corrected chi connectivity index (χ1v) is 7.07. The molecule has 0 amide bonds. The summed E-state index contributed by atoms with van der Waals surface area (Å²) in [5.74, 6) is 0.590. The van der Waals surface area contributed by atoms with Crippen molar-refractivity contribution in [3.8, 4) is 0 Å². The summed E-state index contributed by atoms with van der Waals surface area (Å²) in [6.45, 7) is 9.68. The molecule has 1 heterocycles. The Labute approximate surface area is 115 Å². The first kappa shape index (κ1) is 13.9. The zero-order valence-corrected chi connectivity index (χ0v) is 12.3. The van der Waals surface area contributed by atoms with E-state index < -0.39 is 0 Å². The van der Waals surface area contributed by atoms with Gasteiger partial charge in [0.2, 0.25) is 0 Å². The molecule has 0 fully saturated rings. The van der Waals surface area contributed by atoms with E-state index in [1.165, 1.54) is 0 Å². The van der Waals surface area contributed by atoms with Crippen LogP contribution in [0.5, 0.6) is 0 Å². The number of fused-ring (bicyclic) bond motifs is 1. The molecule has 2 rings (SSSR count). The standard InChI is InChI=1S/C16H23N3/c1-5-17-15(11(2)3)10-16-12(4)18-13-8-6-7-9-14(13)19-16/h6-9,11,15,17H,5,10H2,1-4H3. The van der Waals surface area contributed by atoms with Crippen LogP contribution in [0.1, 0.15) is 32.2 Å². The number of hydrogen-bond acceptors (Lipinski definition) is 3. The van der Waals surface area contributed by atoms with Crippen LogP contribution in [0.25, 0.3) is 11.0 Å². The highest BCUT2D eigenvalue weighted by atomic mass is 14.9. The monoisotopic (exact) mass is 257 g/mol. The van der Waals surface area contributed by atoms with Gasteiger partial charge in [0.05, 0.1) is 22.4 Å². The van der Waals surface area contributed by atoms with Crippen molar-refractivity contribution in [1.82, 2.24) is 15.3 Å². The van der Waals surface area contributed by atoms with E-state index >= 15 is 0 Å². The number of benzene rings is 1. The third-order valence-electron chi connectivity index (χ3n) is 3.53. The molecule has 1 aromatic carbocycles. The lowest BCUT2D eigenvalue weighted by Gasteiger charge is -2.22. The van der Waals surface area contributed by atoms with Gasteiger partial charge in [0.1, 0.15) is 0 Å². The van der Waals surface area contributed by atoms with E-state index in [0.29, 0.717) is 12.0 Å². The molecule has 0 saturated heterocycles. The highest BCUT2D eigenvalue weighted by Crippen LogP contribution is 2.15. The zero-order chi connectivity index (χ0) is 13.8. The van der Waals surface area contributed by atoms with Gasteiger partial charge in [-0.3, -0.25) is 0 Å². The van der Waals surface area contributed by atoms with E-state index in [1.54, 1.807) is 0 Å². The minimum absolute atomic E-state index is 0.458. The lowest BCUT2D eigenvalue weighted by molar-refractivity contribution is 0.402. The Morgan fingerprint density at radius 1 is 1.11 bits per heavy atom. The number of nitrogens with one attached hydrogen (secondary N) is 1. The van der Waals surface area contributed by atoms with E-state index in [4.69, 9.17) is 4.98 Å². The molecular formula is C16H23N3. The van der Waals surface area contributed by atoms with Gasteiger partial charge in [-0.05, 0) is 31.5 Å². The van der Waals surface area contributed by atoms with Crippen molar-refractivity contribution in [1.29, 1.82) is 0 Å². The van der Waals surface area contributed by atoms with Crippen LogP contribution in [0, 0.1) is 12.8 Å². The molecular weight excluding hydrogens is 234 g/mol. The molecule has 1 aromatic heterocycles. The largest absolute Gasteiger partial charge is 0.314 e. The maximum atomic E-state index is 4.78. The van der Waals surface area contributed by atoms with Crippen molar-refractivity contribution < 1.29 is 0 Å². The summed E-state index contributed by atoms with van der Waals surface area (Å²) in [6, 6.07) is 8.53. The molecule has 1 atom stereocenters. The Morgan fingerprint density at radius 3 is 2.32 bits per heavy atom. The second-order valence-electron chi connectivity index (χ2n) is 5.36. The van der Waals surface area contributed by atoms with Crippen LogP contribution < -0.4 is 5.32 Å². The molecule has 1 unspecified atom stereocenters. The molecule has 0 saturated carbocycles. The van der Waals surface area contributed by atoms with Crippen LogP contribution in [-0.4, -0.2) is 22.6 Å². The number of aromatic nitrogens is 2. The quantitative estimate of drug-likeness (QED) is 0.894. The van der Waals surface area contributed by atoms with Crippen LogP contribution in [0.3, 0.4) is 0 Å². The maximum Gasteiger partial charge on any atom is 0.0890 e. The molecule has 3 heteroatoms. The van der Waals surface area contributed by atoms with Gasteiger partial charge in [-0.25, -0.2) is 9.97 Å². The van der Waals surface area contributed by atoms with E-state index in [2.05, 4.69) is 38.0 Å². The van der Waals surface area contributed by atoms with Crippen LogP contribution >= 0.6 is 0 Å². The van der Waals surface area contributed by atoms with Gasteiger partial charge in [-0.1, -0.05) is 32.9 Å². The molecule has 3 nitrogen and oxygen atoms in total. The minimum atomic E-state index is 0.458. The van der Waals surface area contributed by atoms with Gasteiger partial charge in [-0.2, -0.15) is 0 Å². The molecule has 0 aliphatic carbocycles. The van der Waals surface area contributed by atoms with Gasteiger partial charge in [0.25, 0.3) is 0 Å². The van der Waals surface area contributed by atoms with Gasteiger partial charge < -0.3 is 5.32 Å². The van der Waals surface area contributed by atoms with Crippen LogP contribution in [0.2, 0.25) is 0 Å². The third kappa shape index (κ3) is 3.29. The molecule has 0 radical (unpaired) electrons. The fourth-order valence-electron chi connectivity index (χ4n) is 2.33.